The van der Waals surface area contributed by atoms with Crippen molar-refractivity contribution in [2.75, 3.05) is 5.32 Å². The third-order valence-electron chi connectivity index (χ3n) is 3.11. The van der Waals surface area contributed by atoms with Gasteiger partial charge in [0.15, 0.2) is 0 Å². The topological polar surface area (TPSA) is 42.2 Å². The first-order valence-corrected chi connectivity index (χ1v) is 6.32. The molecule has 0 fully saturated rings. The Bertz CT molecular complexity index is 715. The molecule has 0 aromatic carbocycles. The number of aromatic nitrogens is 3. The summed E-state index contributed by atoms with van der Waals surface area (Å²) in [4.78, 5) is 8.86. The lowest BCUT2D eigenvalue weighted by Crippen LogP contribution is -2.01. The summed E-state index contributed by atoms with van der Waals surface area (Å²) in [5.74, 6) is 0.883. The highest BCUT2D eigenvalue weighted by Gasteiger charge is 2.03. The Labute approximate surface area is 112 Å². The van der Waals surface area contributed by atoms with Crippen molar-refractivity contribution >= 4 is 11.5 Å². The number of fused-ring (bicyclic) bond motifs is 1. The number of anilines is 1. The number of nitrogens with one attached hydrogen (secondary N) is 1. The Morgan fingerprint density at radius 1 is 1.21 bits per heavy atom. The van der Waals surface area contributed by atoms with Gasteiger partial charge in [-0.2, -0.15) is 0 Å². The fourth-order valence-corrected chi connectivity index (χ4v) is 2.10. The summed E-state index contributed by atoms with van der Waals surface area (Å²) in [6, 6.07) is 10.1. The standard InChI is InChI=1S/C15H16N4/c1-11-6-7-16-14(8-11)17-9-13-10-19-12(2)4-3-5-15(19)18-13/h3-8,10H,9H2,1-2H3,(H,16,17). The van der Waals surface area contributed by atoms with Crippen LogP contribution in [-0.4, -0.2) is 14.4 Å². The third-order valence-corrected chi connectivity index (χ3v) is 3.11. The highest BCUT2D eigenvalue weighted by atomic mass is 15.0. The molecule has 0 aliphatic rings. The maximum absolute atomic E-state index is 4.58. The van der Waals surface area contributed by atoms with Crippen molar-refractivity contribution in [2.24, 2.45) is 0 Å². The quantitative estimate of drug-likeness (QED) is 0.779. The zero-order valence-corrected chi connectivity index (χ0v) is 11.1. The molecule has 0 amide bonds. The minimum atomic E-state index is 0.678. The first-order valence-electron chi connectivity index (χ1n) is 6.32. The van der Waals surface area contributed by atoms with E-state index in [1.165, 1.54) is 11.3 Å². The summed E-state index contributed by atoms with van der Waals surface area (Å²) in [5.41, 5.74) is 4.37. The van der Waals surface area contributed by atoms with Crippen LogP contribution in [-0.2, 0) is 6.54 Å². The summed E-state index contributed by atoms with van der Waals surface area (Å²) in [7, 11) is 0. The van der Waals surface area contributed by atoms with E-state index >= 15 is 0 Å². The normalized spacial score (nSPS) is 10.8. The number of imidazole rings is 1. The van der Waals surface area contributed by atoms with Crippen LogP contribution in [0.4, 0.5) is 5.82 Å². The molecule has 0 atom stereocenters. The van der Waals surface area contributed by atoms with Crippen molar-refractivity contribution in [1.82, 2.24) is 14.4 Å². The number of rotatable bonds is 3. The van der Waals surface area contributed by atoms with Crippen LogP contribution in [0.2, 0.25) is 0 Å². The molecule has 3 aromatic rings. The zero-order valence-electron chi connectivity index (χ0n) is 11.1. The largest absolute Gasteiger partial charge is 0.364 e. The average Bonchev–Trinajstić information content (AvgIpc) is 2.81. The van der Waals surface area contributed by atoms with Crippen LogP contribution in [0.3, 0.4) is 0 Å². The molecule has 0 spiro atoms. The predicted octanol–water partition coefficient (Wildman–Crippen LogP) is 2.96. The molecule has 0 radical (unpaired) electrons. The zero-order chi connectivity index (χ0) is 13.2. The molecular formula is C15H16N4. The summed E-state index contributed by atoms with van der Waals surface area (Å²) in [5, 5.41) is 3.30. The Kier molecular flexibility index (Phi) is 2.91. The molecular weight excluding hydrogens is 236 g/mol. The van der Waals surface area contributed by atoms with Crippen LogP contribution in [0, 0.1) is 13.8 Å². The SMILES string of the molecule is Cc1ccnc(NCc2cn3c(C)cccc3n2)c1. The van der Waals surface area contributed by atoms with Gasteiger partial charge in [-0.3, -0.25) is 0 Å². The molecule has 19 heavy (non-hydrogen) atoms. The minimum absolute atomic E-state index is 0.678. The Hall–Kier alpha value is -2.36. The van der Waals surface area contributed by atoms with E-state index < -0.39 is 0 Å². The number of pyridine rings is 2. The first-order chi connectivity index (χ1) is 9.22. The molecule has 0 saturated heterocycles. The van der Waals surface area contributed by atoms with Crippen LogP contribution in [0.25, 0.3) is 5.65 Å². The molecule has 0 saturated carbocycles. The van der Waals surface area contributed by atoms with Crippen LogP contribution >= 0.6 is 0 Å². The van der Waals surface area contributed by atoms with E-state index in [4.69, 9.17) is 0 Å². The molecule has 3 heterocycles. The first kappa shape index (κ1) is 11.7. The van der Waals surface area contributed by atoms with Crippen LogP contribution in [0.5, 0.6) is 0 Å². The smallest absolute Gasteiger partial charge is 0.137 e. The minimum Gasteiger partial charge on any atom is -0.364 e. The van der Waals surface area contributed by atoms with Gasteiger partial charge in [0.25, 0.3) is 0 Å². The van der Waals surface area contributed by atoms with Crippen LogP contribution in [0.1, 0.15) is 17.0 Å². The molecule has 0 bridgehead atoms. The van der Waals surface area contributed by atoms with Crippen LogP contribution in [0.15, 0.2) is 42.7 Å². The molecule has 3 aromatic heterocycles. The Morgan fingerprint density at radius 2 is 2.11 bits per heavy atom. The predicted molar refractivity (Wildman–Crippen MR) is 76.2 cm³/mol. The highest BCUT2D eigenvalue weighted by molar-refractivity contribution is 5.43. The van der Waals surface area contributed by atoms with Gasteiger partial charge in [-0.1, -0.05) is 6.07 Å². The molecule has 96 valence electrons. The van der Waals surface area contributed by atoms with Gasteiger partial charge in [0.2, 0.25) is 0 Å². The maximum atomic E-state index is 4.58. The lowest BCUT2D eigenvalue weighted by molar-refractivity contribution is 1.05. The molecule has 1 N–H and O–H groups in total. The van der Waals surface area contributed by atoms with E-state index in [-0.39, 0.29) is 0 Å². The number of aryl methyl sites for hydroxylation is 2. The lowest BCUT2D eigenvalue weighted by Gasteiger charge is -2.03. The summed E-state index contributed by atoms with van der Waals surface area (Å²) >= 11 is 0. The van der Waals surface area contributed by atoms with E-state index in [1.807, 2.05) is 30.5 Å². The molecule has 4 heteroatoms. The van der Waals surface area contributed by atoms with Gasteiger partial charge >= 0.3 is 0 Å². The van der Waals surface area contributed by atoms with E-state index in [2.05, 4.69) is 45.8 Å². The van der Waals surface area contributed by atoms with Crippen LogP contribution < -0.4 is 5.32 Å². The number of nitrogens with zero attached hydrogens (tertiary/aromatic N) is 3. The fraction of sp³-hybridized carbons (Fsp3) is 0.200. The van der Waals surface area contributed by atoms with Gasteiger partial charge in [0.1, 0.15) is 11.5 Å². The average molecular weight is 252 g/mol. The van der Waals surface area contributed by atoms with Crippen molar-refractivity contribution in [1.29, 1.82) is 0 Å². The second kappa shape index (κ2) is 4.72. The van der Waals surface area contributed by atoms with E-state index in [1.54, 1.807) is 0 Å². The Morgan fingerprint density at radius 3 is 2.89 bits per heavy atom. The maximum Gasteiger partial charge on any atom is 0.137 e. The van der Waals surface area contributed by atoms with Gasteiger partial charge in [0.05, 0.1) is 12.2 Å². The lowest BCUT2D eigenvalue weighted by atomic mass is 10.3. The van der Waals surface area contributed by atoms with Crippen molar-refractivity contribution in [3.05, 3.63) is 59.7 Å². The molecule has 0 aliphatic carbocycles. The van der Waals surface area contributed by atoms with Crippen molar-refractivity contribution < 1.29 is 0 Å². The van der Waals surface area contributed by atoms with Gasteiger partial charge in [-0.05, 0) is 43.7 Å². The molecule has 3 rings (SSSR count). The van der Waals surface area contributed by atoms with E-state index in [0.717, 1.165) is 17.2 Å². The van der Waals surface area contributed by atoms with Gasteiger partial charge < -0.3 is 9.72 Å². The van der Waals surface area contributed by atoms with Gasteiger partial charge in [-0.15, -0.1) is 0 Å². The second-order valence-corrected chi connectivity index (χ2v) is 4.70. The Balaban J connectivity index is 1.80. The van der Waals surface area contributed by atoms with Crippen molar-refractivity contribution in [3.8, 4) is 0 Å². The molecule has 0 aliphatic heterocycles. The monoisotopic (exact) mass is 252 g/mol. The second-order valence-electron chi connectivity index (χ2n) is 4.70. The highest BCUT2D eigenvalue weighted by Crippen LogP contribution is 2.11. The van der Waals surface area contributed by atoms with E-state index in [9.17, 15) is 0 Å². The van der Waals surface area contributed by atoms with Gasteiger partial charge in [0, 0.05) is 18.1 Å². The molecule has 4 nitrogen and oxygen atoms in total. The summed E-state index contributed by atoms with van der Waals surface area (Å²) < 4.78 is 2.10. The summed E-state index contributed by atoms with van der Waals surface area (Å²) in [6.07, 6.45) is 3.87. The third kappa shape index (κ3) is 2.42. The fourth-order valence-electron chi connectivity index (χ4n) is 2.10. The van der Waals surface area contributed by atoms with Crippen molar-refractivity contribution in [2.45, 2.75) is 20.4 Å². The molecule has 0 unspecified atom stereocenters. The number of hydrogen-bond donors (Lipinski definition) is 1. The van der Waals surface area contributed by atoms with Gasteiger partial charge in [-0.25, -0.2) is 9.97 Å². The number of hydrogen-bond acceptors (Lipinski definition) is 3. The van der Waals surface area contributed by atoms with Crippen molar-refractivity contribution in [3.63, 3.8) is 0 Å². The van der Waals surface area contributed by atoms with E-state index in [0.29, 0.717) is 6.54 Å². The summed E-state index contributed by atoms with van der Waals surface area (Å²) in [6.45, 7) is 4.81.